The first-order chi connectivity index (χ1) is 7.18. The number of amides is 1. The molecule has 0 saturated heterocycles. The summed E-state index contributed by atoms with van der Waals surface area (Å²) in [6, 6.07) is 0.375. The van der Waals surface area contributed by atoms with Crippen molar-refractivity contribution in [2.75, 3.05) is 13.1 Å². The summed E-state index contributed by atoms with van der Waals surface area (Å²) in [6.45, 7) is 2.48. The molecule has 88 valence electrons. The molecule has 0 aliphatic heterocycles. The third-order valence-electron chi connectivity index (χ3n) is 2.70. The molecule has 1 atom stereocenters. The molecule has 1 amide bonds. The van der Waals surface area contributed by atoms with Crippen molar-refractivity contribution in [2.24, 2.45) is 0 Å². The fraction of sp³-hybridized carbons (Fsp3) is 0.909. The van der Waals surface area contributed by atoms with Gasteiger partial charge in [-0.15, -0.1) is 0 Å². The van der Waals surface area contributed by atoms with Crippen molar-refractivity contribution in [1.82, 2.24) is 10.6 Å². The monoisotopic (exact) mass is 214 g/mol. The second-order valence-electron chi connectivity index (χ2n) is 4.38. The molecular formula is C11H22N2O2. The SMILES string of the molecule is CC(O)CNCC(=O)NC1CCCCC1. The molecule has 0 spiro atoms. The Morgan fingerprint density at radius 1 is 1.40 bits per heavy atom. The van der Waals surface area contributed by atoms with E-state index in [4.69, 9.17) is 5.11 Å². The van der Waals surface area contributed by atoms with Crippen molar-refractivity contribution in [3.05, 3.63) is 0 Å². The molecule has 1 unspecified atom stereocenters. The van der Waals surface area contributed by atoms with E-state index >= 15 is 0 Å². The predicted molar refractivity (Wildman–Crippen MR) is 59.6 cm³/mol. The summed E-state index contributed by atoms with van der Waals surface area (Å²) in [5.74, 6) is 0.0440. The number of hydrogen-bond acceptors (Lipinski definition) is 3. The summed E-state index contributed by atoms with van der Waals surface area (Å²) in [6.07, 6.45) is 5.59. The number of carbonyl (C=O) groups is 1. The summed E-state index contributed by atoms with van der Waals surface area (Å²) in [5, 5.41) is 14.9. The lowest BCUT2D eigenvalue weighted by molar-refractivity contribution is -0.121. The smallest absolute Gasteiger partial charge is 0.234 e. The van der Waals surface area contributed by atoms with Crippen LogP contribution in [0.15, 0.2) is 0 Å². The van der Waals surface area contributed by atoms with Gasteiger partial charge in [0.2, 0.25) is 5.91 Å². The minimum atomic E-state index is -0.396. The first-order valence-corrected chi connectivity index (χ1v) is 5.86. The molecule has 1 fully saturated rings. The number of aliphatic hydroxyl groups excluding tert-OH is 1. The van der Waals surface area contributed by atoms with Crippen molar-refractivity contribution in [3.63, 3.8) is 0 Å². The second-order valence-corrected chi connectivity index (χ2v) is 4.38. The summed E-state index contributed by atoms with van der Waals surface area (Å²) < 4.78 is 0. The Labute approximate surface area is 91.4 Å². The Morgan fingerprint density at radius 3 is 2.67 bits per heavy atom. The maximum atomic E-state index is 11.4. The van der Waals surface area contributed by atoms with Crippen LogP contribution in [0.4, 0.5) is 0 Å². The van der Waals surface area contributed by atoms with E-state index in [0.29, 0.717) is 19.1 Å². The molecule has 1 rings (SSSR count). The van der Waals surface area contributed by atoms with Gasteiger partial charge in [0, 0.05) is 12.6 Å². The standard InChI is InChI=1S/C11H22N2O2/c1-9(14)7-12-8-11(15)13-10-5-3-2-4-6-10/h9-10,12,14H,2-8H2,1H3,(H,13,15). The summed E-state index contributed by atoms with van der Waals surface area (Å²) in [5.41, 5.74) is 0. The minimum absolute atomic E-state index is 0.0440. The van der Waals surface area contributed by atoms with Gasteiger partial charge in [-0.05, 0) is 19.8 Å². The van der Waals surface area contributed by atoms with E-state index in [2.05, 4.69) is 10.6 Å². The van der Waals surface area contributed by atoms with Gasteiger partial charge in [0.25, 0.3) is 0 Å². The van der Waals surface area contributed by atoms with Crippen LogP contribution in [0.5, 0.6) is 0 Å². The highest BCUT2D eigenvalue weighted by molar-refractivity contribution is 5.78. The van der Waals surface area contributed by atoms with Gasteiger partial charge >= 0.3 is 0 Å². The Balaban J connectivity index is 2.06. The lowest BCUT2D eigenvalue weighted by Crippen LogP contribution is -2.42. The average molecular weight is 214 g/mol. The van der Waals surface area contributed by atoms with Crippen LogP contribution in [-0.2, 0) is 4.79 Å². The zero-order valence-electron chi connectivity index (χ0n) is 9.46. The van der Waals surface area contributed by atoms with Crippen LogP contribution < -0.4 is 10.6 Å². The van der Waals surface area contributed by atoms with E-state index in [0.717, 1.165) is 12.8 Å². The summed E-state index contributed by atoms with van der Waals surface area (Å²) in [4.78, 5) is 11.4. The molecule has 4 heteroatoms. The molecule has 1 aliphatic rings. The number of aliphatic hydroxyl groups is 1. The molecule has 0 radical (unpaired) electrons. The predicted octanol–water partition coefficient (Wildman–Crippen LogP) is 0.406. The van der Waals surface area contributed by atoms with Crippen LogP contribution in [0.3, 0.4) is 0 Å². The second kappa shape index (κ2) is 6.80. The Kier molecular flexibility index (Phi) is 5.65. The lowest BCUT2D eigenvalue weighted by atomic mass is 9.95. The van der Waals surface area contributed by atoms with Crippen molar-refractivity contribution in [3.8, 4) is 0 Å². The maximum absolute atomic E-state index is 11.4. The molecular weight excluding hydrogens is 192 g/mol. The molecule has 1 saturated carbocycles. The molecule has 3 N–H and O–H groups in total. The van der Waals surface area contributed by atoms with Gasteiger partial charge in [-0.2, -0.15) is 0 Å². The van der Waals surface area contributed by atoms with Gasteiger partial charge in [-0.1, -0.05) is 19.3 Å². The van der Waals surface area contributed by atoms with E-state index in [1.54, 1.807) is 6.92 Å². The molecule has 0 aromatic heterocycles. The highest BCUT2D eigenvalue weighted by Crippen LogP contribution is 2.16. The van der Waals surface area contributed by atoms with Crippen LogP contribution in [0.25, 0.3) is 0 Å². The Bertz CT molecular complexity index is 189. The van der Waals surface area contributed by atoms with Crippen molar-refractivity contribution >= 4 is 5.91 Å². The lowest BCUT2D eigenvalue weighted by Gasteiger charge is -2.22. The zero-order valence-corrected chi connectivity index (χ0v) is 9.46. The highest BCUT2D eigenvalue weighted by Gasteiger charge is 2.15. The molecule has 0 bridgehead atoms. The van der Waals surface area contributed by atoms with Crippen molar-refractivity contribution in [2.45, 2.75) is 51.2 Å². The van der Waals surface area contributed by atoms with Crippen LogP contribution in [0, 0.1) is 0 Å². The minimum Gasteiger partial charge on any atom is -0.392 e. The first-order valence-electron chi connectivity index (χ1n) is 5.86. The average Bonchev–Trinajstić information content (AvgIpc) is 2.18. The molecule has 0 heterocycles. The Hall–Kier alpha value is -0.610. The first kappa shape index (κ1) is 12.5. The normalized spacial score (nSPS) is 19.9. The van der Waals surface area contributed by atoms with Gasteiger partial charge < -0.3 is 15.7 Å². The van der Waals surface area contributed by atoms with E-state index in [-0.39, 0.29) is 5.91 Å². The summed E-state index contributed by atoms with van der Waals surface area (Å²) in [7, 11) is 0. The Morgan fingerprint density at radius 2 is 2.07 bits per heavy atom. The largest absolute Gasteiger partial charge is 0.392 e. The van der Waals surface area contributed by atoms with Crippen LogP contribution >= 0.6 is 0 Å². The topological polar surface area (TPSA) is 61.4 Å². The van der Waals surface area contributed by atoms with Gasteiger partial charge in [0.1, 0.15) is 0 Å². The van der Waals surface area contributed by atoms with Crippen molar-refractivity contribution < 1.29 is 9.90 Å². The highest BCUT2D eigenvalue weighted by atomic mass is 16.3. The van der Waals surface area contributed by atoms with Crippen LogP contribution in [0.2, 0.25) is 0 Å². The fourth-order valence-corrected chi connectivity index (χ4v) is 1.92. The zero-order chi connectivity index (χ0) is 11.1. The van der Waals surface area contributed by atoms with Gasteiger partial charge in [-0.3, -0.25) is 4.79 Å². The molecule has 15 heavy (non-hydrogen) atoms. The molecule has 0 aromatic carbocycles. The number of hydrogen-bond donors (Lipinski definition) is 3. The van der Waals surface area contributed by atoms with Gasteiger partial charge in [0.15, 0.2) is 0 Å². The number of nitrogens with one attached hydrogen (secondary N) is 2. The van der Waals surface area contributed by atoms with Crippen LogP contribution in [0.1, 0.15) is 39.0 Å². The van der Waals surface area contributed by atoms with Gasteiger partial charge in [0.05, 0.1) is 12.6 Å². The van der Waals surface area contributed by atoms with Crippen LogP contribution in [-0.4, -0.2) is 36.2 Å². The van der Waals surface area contributed by atoms with E-state index in [1.807, 2.05) is 0 Å². The van der Waals surface area contributed by atoms with E-state index in [9.17, 15) is 4.79 Å². The van der Waals surface area contributed by atoms with Gasteiger partial charge in [-0.25, -0.2) is 0 Å². The van der Waals surface area contributed by atoms with Crippen molar-refractivity contribution in [1.29, 1.82) is 0 Å². The summed E-state index contributed by atoms with van der Waals surface area (Å²) >= 11 is 0. The maximum Gasteiger partial charge on any atom is 0.234 e. The number of rotatable bonds is 5. The quantitative estimate of drug-likeness (QED) is 0.621. The third kappa shape index (κ3) is 5.74. The van der Waals surface area contributed by atoms with E-state index in [1.165, 1.54) is 19.3 Å². The molecule has 0 aromatic rings. The number of carbonyl (C=O) groups excluding carboxylic acids is 1. The fourth-order valence-electron chi connectivity index (χ4n) is 1.92. The molecule has 1 aliphatic carbocycles. The molecule has 4 nitrogen and oxygen atoms in total. The van der Waals surface area contributed by atoms with E-state index < -0.39 is 6.10 Å². The third-order valence-corrected chi connectivity index (χ3v) is 2.70.